The molecule has 0 radical (unpaired) electrons. The van der Waals surface area contributed by atoms with Crippen molar-refractivity contribution < 1.29 is 4.42 Å². The summed E-state index contributed by atoms with van der Waals surface area (Å²) >= 11 is 6.00. The maximum absolute atomic E-state index is 6.00. The first-order valence-electron chi connectivity index (χ1n) is 6.14. The first kappa shape index (κ1) is 13.2. The van der Waals surface area contributed by atoms with Crippen molar-refractivity contribution in [2.45, 2.75) is 32.9 Å². The van der Waals surface area contributed by atoms with Crippen LogP contribution >= 0.6 is 11.6 Å². The maximum atomic E-state index is 6.00. The zero-order valence-electron chi connectivity index (χ0n) is 10.9. The van der Waals surface area contributed by atoms with Gasteiger partial charge in [0.15, 0.2) is 0 Å². The van der Waals surface area contributed by atoms with Crippen LogP contribution in [0.1, 0.15) is 43.0 Å². The monoisotopic (exact) mass is 263 g/mol. The van der Waals surface area contributed by atoms with Gasteiger partial charge in [-0.05, 0) is 50.6 Å². The summed E-state index contributed by atoms with van der Waals surface area (Å²) < 4.78 is 5.62. The molecular weight excluding hydrogens is 246 g/mol. The molecule has 0 saturated carbocycles. The van der Waals surface area contributed by atoms with Crippen LogP contribution < -0.4 is 5.32 Å². The van der Waals surface area contributed by atoms with Crippen LogP contribution in [0.4, 0.5) is 0 Å². The van der Waals surface area contributed by atoms with Crippen LogP contribution in [0.25, 0.3) is 0 Å². The van der Waals surface area contributed by atoms with Crippen LogP contribution in [0.2, 0.25) is 5.02 Å². The number of halogens is 1. The highest BCUT2D eigenvalue weighted by Crippen LogP contribution is 2.22. The molecular formula is C15H18ClNO. The van der Waals surface area contributed by atoms with Crippen molar-refractivity contribution in [3.63, 3.8) is 0 Å². The Morgan fingerprint density at radius 2 is 1.89 bits per heavy atom. The van der Waals surface area contributed by atoms with Crippen molar-refractivity contribution in [2.24, 2.45) is 0 Å². The molecule has 1 N–H and O–H groups in total. The predicted molar refractivity (Wildman–Crippen MR) is 74.9 cm³/mol. The van der Waals surface area contributed by atoms with Gasteiger partial charge in [0.1, 0.15) is 11.5 Å². The first-order chi connectivity index (χ1) is 8.56. The van der Waals surface area contributed by atoms with Gasteiger partial charge >= 0.3 is 0 Å². The molecule has 1 heterocycles. The molecule has 0 fully saturated rings. The summed E-state index contributed by atoms with van der Waals surface area (Å²) in [4.78, 5) is 0. The van der Waals surface area contributed by atoms with Crippen LogP contribution in [-0.4, -0.2) is 0 Å². The Bertz CT molecular complexity index is 521. The quantitative estimate of drug-likeness (QED) is 0.868. The van der Waals surface area contributed by atoms with E-state index in [-0.39, 0.29) is 12.1 Å². The molecule has 1 aromatic heterocycles. The Balaban J connectivity index is 2.05. The maximum Gasteiger partial charge on any atom is 0.120 e. The summed E-state index contributed by atoms with van der Waals surface area (Å²) in [6.07, 6.45) is 0. The van der Waals surface area contributed by atoms with E-state index in [2.05, 4.69) is 25.2 Å². The van der Waals surface area contributed by atoms with Gasteiger partial charge in [-0.2, -0.15) is 0 Å². The third-order valence-electron chi connectivity index (χ3n) is 3.04. The second-order valence-electron chi connectivity index (χ2n) is 4.61. The number of furan rings is 1. The molecule has 0 amide bonds. The Morgan fingerprint density at radius 3 is 2.50 bits per heavy atom. The fourth-order valence-electron chi connectivity index (χ4n) is 2.02. The van der Waals surface area contributed by atoms with Crippen molar-refractivity contribution in [1.29, 1.82) is 0 Å². The molecule has 1 aromatic carbocycles. The van der Waals surface area contributed by atoms with Crippen molar-refractivity contribution in [2.75, 3.05) is 0 Å². The highest BCUT2D eigenvalue weighted by atomic mass is 35.5. The Hall–Kier alpha value is -1.25. The van der Waals surface area contributed by atoms with Gasteiger partial charge in [0.05, 0.1) is 6.04 Å². The highest BCUT2D eigenvalue weighted by Gasteiger charge is 2.13. The van der Waals surface area contributed by atoms with Crippen LogP contribution in [-0.2, 0) is 0 Å². The van der Waals surface area contributed by atoms with E-state index in [1.807, 2.05) is 37.3 Å². The summed E-state index contributed by atoms with van der Waals surface area (Å²) in [5.74, 6) is 1.90. The van der Waals surface area contributed by atoms with Crippen LogP contribution in [0.3, 0.4) is 0 Å². The second kappa shape index (κ2) is 5.59. The largest absolute Gasteiger partial charge is 0.465 e. The fraction of sp³-hybridized carbons (Fsp3) is 0.333. The summed E-state index contributed by atoms with van der Waals surface area (Å²) in [5.41, 5.74) is 1.18. The van der Waals surface area contributed by atoms with E-state index < -0.39 is 0 Å². The number of rotatable bonds is 4. The highest BCUT2D eigenvalue weighted by molar-refractivity contribution is 6.30. The average molecular weight is 264 g/mol. The molecule has 0 bridgehead atoms. The van der Waals surface area contributed by atoms with Gasteiger partial charge in [-0.3, -0.25) is 0 Å². The summed E-state index contributed by atoms with van der Waals surface area (Å²) in [6.45, 7) is 6.17. The van der Waals surface area contributed by atoms with Gasteiger partial charge in [-0.1, -0.05) is 23.7 Å². The Kier molecular flexibility index (Phi) is 4.10. The number of hydrogen-bond donors (Lipinski definition) is 1. The molecule has 0 spiro atoms. The number of benzene rings is 1. The van der Waals surface area contributed by atoms with E-state index in [0.29, 0.717) is 0 Å². The third-order valence-corrected chi connectivity index (χ3v) is 3.27. The fourth-order valence-corrected chi connectivity index (χ4v) is 2.21. The average Bonchev–Trinajstić information content (AvgIpc) is 2.76. The SMILES string of the molecule is Cc1ccc(C(C)N[C@@H](C)c2cccc(Cl)c2)o1. The molecule has 3 heteroatoms. The lowest BCUT2D eigenvalue weighted by Crippen LogP contribution is -2.22. The second-order valence-corrected chi connectivity index (χ2v) is 5.05. The molecule has 0 aliphatic carbocycles. The molecule has 0 aliphatic rings. The minimum Gasteiger partial charge on any atom is -0.465 e. The minimum absolute atomic E-state index is 0.174. The van der Waals surface area contributed by atoms with E-state index in [9.17, 15) is 0 Å². The lowest BCUT2D eigenvalue weighted by molar-refractivity contribution is 0.392. The van der Waals surface area contributed by atoms with Gasteiger partial charge in [0, 0.05) is 11.1 Å². The predicted octanol–water partition coefficient (Wildman–Crippen LogP) is 4.65. The zero-order chi connectivity index (χ0) is 13.1. The topological polar surface area (TPSA) is 25.2 Å². The van der Waals surface area contributed by atoms with Gasteiger partial charge in [0.25, 0.3) is 0 Å². The van der Waals surface area contributed by atoms with Gasteiger partial charge in [0.2, 0.25) is 0 Å². The van der Waals surface area contributed by atoms with Crippen LogP contribution in [0.15, 0.2) is 40.8 Å². The first-order valence-corrected chi connectivity index (χ1v) is 6.52. The van der Waals surface area contributed by atoms with Crippen molar-refractivity contribution in [3.05, 3.63) is 58.5 Å². The number of nitrogens with one attached hydrogen (secondary N) is 1. The van der Waals surface area contributed by atoms with E-state index in [1.165, 1.54) is 5.56 Å². The van der Waals surface area contributed by atoms with E-state index in [0.717, 1.165) is 16.5 Å². The van der Waals surface area contributed by atoms with Crippen molar-refractivity contribution >= 4 is 11.6 Å². The van der Waals surface area contributed by atoms with Gasteiger partial charge in [-0.25, -0.2) is 0 Å². The third kappa shape index (κ3) is 3.15. The molecule has 2 rings (SSSR count). The summed E-state index contributed by atoms with van der Waals surface area (Å²) in [6, 6.07) is 12.3. The molecule has 2 aromatic rings. The van der Waals surface area contributed by atoms with E-state index in [4.69, 9.17) is 16.0 Å². The van der Waals surface area contributed by atoms with E-state index in [1.54, 1.807) is 0 Å². The van der Waals surface area contributed by atoms with Gasteiger partial charge in [-0.15, -0.1) is 0 Å². The molecule has 96 valence electrons. The molecule has 1 unspecified atom stereocenters. The zero-order valence-corrected chi connectivity index (χ0v) is 11.7. The molecule has 0 saturated heterocycles. The lowest BCUT2D eigenvalue weighted by atomic mass is 10.1. The van der Waals surface area contributed by atoms with Crippen molar-refractivity contribution in [3.8, 4) is 0 Å². The Morgan fingerprint density at radius 1 is 1.11 bits per heavy atom. The van der Waals surface area contributed by atoms with E-state index >= 15 is 0 Å². The Labute approximate surface area is 113 Å². The standard InChI is InChI=1S/C15H18ClNO/c1-10-7-8-15(18-10)12(3)17-11(2)13-5-4-6-14(16)9-13/h4-9,11-12,17H,1-3H3/t11-,12?/m0/s1. The normalized spacial score (nSPS) is 14.4. The molecule has 0 aliphatic heterocycles. The summed E-state index contributed by atoms with van der Waals surface area (Å²) in [7, 11) is 0. The lowest BCUT2D eigenvalue weighted by Gasteiger charge is -2.19. The van der Waals surface area contributed by atoms with Crippen LogP contribution in [0, 0.1) is 6.92 Å². The number of aryl methyl sites for hydroxylation is 1. The van der Waals surface area contributed by atoms with Gasteiger partial charge < -0.3 is 9.73 Å². The number of hydrogen-bond acceptors (Lipinski definition) is 2. The molecule has 2 nitrogen and oxygen atoms in total. The summed E-state index contributed by atoms with van der Waals surface area (Å²) in [5, 5.41) is 4.27. The smallest absolute Gasteiger partial charge is 0.120 e. The van der Waals surface area contributed by atoms with Crippen molar-refractivity contribution in [1.82, 2.24) is 5.32 Å². The van der Waals surface area contributed by atoms with Crippen LogP contribution in [0.5, 0.6) is 0 Å². The molecule has 2 atom stereocenters. The molecule has 18 heavy (non-hydrogen) atoms. The minimum atomic E-state index is 0.174.